The second-order valence-electron chi connectivity index (χ2n) is 8.78. The summed E-state index contributed by atoms with van der Waals surface area (Å²) in [5.74, 6) is 1.28. The van der Waals surface area contributed by atoms with Crippen LogP contribution in [0.4, 0.5) is 0 Å². The number of aromatic amines is 1. The third-order valence-corrected chi connectivity index (χ3v) is 7.35. The molecule has 2 aromatic carbocycles. The molecule has 2 aliphatic rings. The number of nitrogens with one attached hydrogen (secondary N) is 1. The Bertz CT molecular complexity index is 1150. The largest absolute Gasteiger partial charge is 0.497 e. The lowest BCUT2D eigenvalue weighted by molar-refractivity contribution is -0.129. The van der Waals surface area contributed by atoms with Crippen LogP contribution in [0.5, 0.6) is 5.75 Å². The van der Waals surface area contributed by atoms with Gasteiger partial charge in [0.05, 0.1) is 7.11 Å². The summed E-state index contributed by atoms with van der Waals surface area (Å²) in [6.45, 7) is 7.42. The number of benzene rings is 2. The van der Waals surface area contributed by atoms with Crippen LogP contribution in [-0.2, 0) is 23.1 Å². The summed E-state index contributed by atoms with van der Waals surface area (Å²) in [4.78, 5) is 18.1. The number of hydrogen-bond donors (Lipinski definition) is 1. The van der Waals surface area contributed by atoms with Gasteiger partial charge in [0.25, 0.3) is 0 Å². The monoisotopic (exact) mass is 400 g/mol. The van der Waals surface area contributed by atoms with E-state index in [9.17, 15) is 4.79 Å². The molecule has 1 N–H and O–H groups in total. The van der Waals surface area contributed by atoms with Crippen LogP contribution in [0.25, 0.3) is 10.9 Å². The Hall–Kier alpha value is -3.01. The molecule has 0 spiro atoms. The van der Waals surface area contributed by atoms with Gasteiger partial charge in [0, 0.05) is 35.1 Å². The van der Waals surface area contributed by atoms with E-state index < -0.39 is 0 Å². The zero-order chi connectivity index (χ0) is 20.9. The Balaban J connectivity index is 1.65. The summed E-state index contributed by atoms with van der Waals surface area (Å²) in [5, 5.41) is 1.36. The molecule has 1 saturated heterocycles. The number of aryl methyl sites for hydroxylation is 1. The Morgan fingerprint density at radius 3 is 2.93 bits per heavy atom. The number of aromatic nitrogens is 1. The topological polar surface area (TPSA) is 45.3 Å². The lowest BCUT2D eigenvalue weighted by Crippen LogP contribution is -2.54. The van der Waals surface area contributed by atoms with Crippen molar-refractivity contribution in [2.75, 3.05) is 20.2 Å². The SMILES string of the molecule is C=CC(=O)N1CCC2(c3cccc(OC)c3)Cc3[nH]c4cccc(C)c4c3CC2C1. The van der Waals surface area contributed by atoms with Crippen molar-refractivity contribution in [3.8, 4) is 5.75 Å². The number of fused-ring (bicyclic) bond motifs is 4. The maximum atomic E-state index is 12.4. The molecular formula is C26H28N2O2. The molecule has 30 heavy (non-hydrogen) atoms. The summed E-state index contributed by atoms with van der Waals surface area (Å²) < 4.78 is 5.55. The Labute approximate surface area is 177 Å². The van der Waals surface area contributed by atoms with Gasteiger partial charge in [-0.1, -0.05) is 30.8 Å². The van der Waals surface area contributed by atoms with Crippen LogP contribution in [0, 0.1) is 12.8 Å². The molecule has 3 aromatic rings. The highest BCUT2D eigenvalue weighted by Crippen LogP contribution is 2.49. The van der Waals surface area contributed by atoms with Crippen LogP contribution in [0.2, 0.25) is 0 Å². The number of carbonyl (C=O) groups excluding carboxylic acids is 1. The number of nitrogens with zero attached hydrogens (tertiary/aromatic N) is 1. The molecule has 2 heterocycles. The van der Waals surface area contributed by atoms with Gasteiger partial charge in [-0.3, -0.25) is 4.79 Å². The number of methoxy groups -OCH3 is 1. The van der Waals surface area contributed by atoms with E-state index in [1.807, 2.05) is 11.0 Å². The molecule has 0 saturated carbocycles. The predicted octanol–water partition coefficient (Wildman–Crippen LogP) is 4.56. The highest BCUT2D eigenvalue weighted by atomic mass is 16.5. The van der Waals surface area contributed by atoms with Crippen molar-refractivity contribution >= 4 is 16.8 Å². The highest BCUT2D eigenvalue weighted by molar-refractivity contribution is 5.89. The quantitative estimate of drug-likeness (QED) is 0.655. The molecule has 1 fully saturated rings. The van der Waals surface area contributed by atoms with E-state index in [0.29, 0.717) is 5.92 Å². The minimum Gasteiger partial charge on any atom is -0.497 e. The lowest BCUT2D eigenvalue weighted by Gasteiger charge is -2.51. The summed E-state index contributed by atoms with van der Waals surface area (Å²) in [6.07, 6.45) is 4.32. The van der Waals surface area contributed by atoms with Crippen molar-refractivity contribution in [2.45, 2.75) is 31.6 Å². The van der Waals surface area contributed by atoms with Crippen molar-refractivity contribution in [2.24, 2.45) is 5.92 Å². The molecule has 2 atom stereocenters. The Morgan fingerprint density at radius 2 is 2.13 bits per heavy atom. The minimum atomic E-state index is -0.00568. The zero-order valence-electron chi connectivity index (χ0n) is 17.7. The van der Waals surface area contributed by atoms with Crippen LogP contribution < -0.4 is 4.74 Å². The second kappa shape index (κ2) is 7.05. The number of amides is 1. The van der Waals surface area contributed by atoms with Crippen molar-refractivity contribution in [1.29, 1.82) is 0 Å². The van der Waals surface area contributed by atoms with Crippen LogP contribution >= 0.6 is 0 Å². The van der Waals surface area contributed by atoms with Gasteiger partial charge in [0.1, 0.15) is 5.75 Å². The van der Waals surface area contributed by atoms with E-state index in [1.54, 1.807) is 7.11 Å². The van der Waals surface area contributed by atoms with Crippen molar-refractivity contribution in [3.05, 3.63) is 77.5 Å². The molecule has 0 bridgehead atoms. The average Bonchev–Trinajstić information content (AvgIpc) is 3.14. The van der Waals surface area contributed by atoms with Crippen LogP contribution in [0.15, 0.2) is 55.1 Å². The maximum Gasteiger partial charge on any atom is 0.245 e. The Morgan fingerprint density at radius 1 is 1.30 bits per heavy atom. The first kappa shape index (κ1) is 19.0. The second-order valence-corrected chi connectivity index (χ2v) is 8.78. The number of likely N-dealkylation sites (tertiary alicyclic amines) is 1. The molecule has 154 valence electrons. The van der Waals surface area contributed by atoms with E-state index in [-0.39, 0.29) is 11.3 Å². The van der Waals surface area contributed by atoms with E-state index in [1.165, 1.54) is 39.4 Å². The number of carbonyl (C=O) groups is 1. The molecule has 1 aliphatic heterocycles. The molecule has 5 rings (SSSR count). The molecule has 4 heteroatoms. The standard InChI is InChI=1S/C26H28N2O2/c1-4-24(29)28-12-11-26(18-8-6-9-20(13-18)30-3)15-23-21(14-19(26)16-28)25-17(2)7-5-10-22(25)27-23/h4-10,13,19,27H,1,11-12,14-16H2,2-3H3. The maximum absolute atomic E-state index is 12.4. The van der Waals surface area contributed by atoms with Gasteiger partial charge in [0.15, 0.2) is 0 Å². The summed E-state index contributed by atoms with van der Waals surface area (Å²) in [7, 11) is 1.72. The fraction of sp³-hybridized carbons (Fsp3) is 0.346. The zero-order valence-corrected chi connectivity index (χ0v) is 17.7. The average molecular weight is 401 g/mol. The highest BCUT2D eigenvalue weighted by Gasteiger charge is 2.48. The van der Waals surface area contributed by atoms with Crippen LogP contribution in [0.1, 0.15) is 28.8 Å². The number of H-pyrrole nitrogens is 1. The number of piperidine rings is 1. The smallest absolute Gasteiger partial charge is 0.245 e. The fourth-order valence-electron chi connectivity index (χ4n) is 5.81. The molecule has 0 radical (unpaired) electrons. The summed E-state index contributed by atoms with van der Waals surface area (Å²) in [5.41, 5.74) is 6.63. The first-order valence-electron chi connectivity index (χ1n) is 10.7. The molecule has 1 aliphatic carbocycles. The third kappa shape index (κ3) is 2.78. The third-order valence-electron chi connectivity index (χ3n) is 7.35. The van der Waals surface area contributed by atoms with E-state index in [0.717, 1.165) is 38.1 Å². The summed E-state index contributed by atoms with van der Waals surface area (Å²) in [6, 6.07) is 15.0. The Kier molecular flexibility index (Phi) is 4.46. The van der Waals surface area contributed by atoms with Crippen LogP contribution in [-0.4, -0.2) is 36.0 Å². The van der Waals surface area contributed by atoms with Crippen LogP contribution in [0.3, 0.4) is 0 Å². The van der Waals surface area contributed by atoms with Crippen molar-refractivity contribution in [3.63, 3.8) is 0 Å². The van der Waals surface area contributed by atoms with Gasteiger partial charge in [0.2, 0.25) is 5.91 Å². The number of rotatable bonds is 3. The predicted molar refractivity (Wildman–Crippen MR) is 120 cm³/mol. The van der Waals surface area contributed by atoms with E-state index in [2.05, 4.69) is 54.9 Å². The van der Waals surface area contributed by atoms with E-state index in [4.69, 9.17) is 4.74 Å². The van der Waals surface area contributed by atoms with Gasteiger partial charge < -0.3 is 14.6 Å². The molecular weight excluding hydrogens is 372 g/mol. The first-order valence-corrected chi connectivity index (χ1v) is 10.7. The molecule has 1 aromatic heterocycles. The first-order chi connectivity index (χ1) is 14.6. The minimum absolute atomic E-state index is 0.00568. The lowest BCUT2D eigenvalue weighted by atomic mass is 9.58. The van der Waals surface area contributed by atoms with Crippen molar-refractivity contribution in [1.82, 2.24) is 9.88 Å². The number of hydrogen-bond acceptors (Lipinski definition) is 2. The van der Waals surface area contributed by atoms with E-state index >= 15 is 0 Å². The fourth-order valence-corrected chi connectivity index (χ4v) is 5.81. The molecule has 2 unspecified atom stereocenters. The van der Waals surface area contributed by atoms with Crippen molar-refractivity contribution < 1.29 is 9.53 Å². The van der Waals surface area contributed by atoms with Gasteiger partial charge in [-0.05, 0) is 73.1 Å². The van der Waals surface area contributed by atoms with Gasteiger partial charge >= 0.3 is 0 Å². The van der Waals surface area contributed by atoms with Gasteiger partial charge in [-0.2, -0.15) is 0 Å². The normalized spacial score (nSPS) is 23.0. The molecule has 1 amide bonds. The number of ether oxygens (including phenoxy) is 1. The molecule has 4 nitrogen and oxygen atoms in total. The van der Waals surface area contributed by atoms with Gasteiger partial charge in [-0.25, -0.2) is 0 Å². The summed E-state index contributed by atoms with van der Waals surface area (Å²) >= 11 is 0. The van der Waals surface area contributed by atoms with Gasteiger partial charge in [-0.15, -0.1) is 0 Å².